The Morgan fingerprint density at radius 2 is 0.788 bits per heavy atom. The van der Waals surface area contributed by atoms with Gasteiger partial charge in [0.15, 0.2) is 0 Å². The molecule has 33 heavy (non-hydrogen) atoms. The molecule has 0 amide bonds. The molecule has 0 aliphatic rings. The smallest absolute Gasteiger partial charge is 0.324 e. The molecule has 0 bridgehead atoms. The fourth-order valence-corrected chi connectivity index (χ4v) is 7.67. The van der Waals surface area contributed by atoms with Crippen LogP contribution in [0.5, 0.6) is 0 Å². The van der Waals surface area contributed by atoms with Gasteiger partial charge in [-0.3, -0.25) is 0 Å². The summed E-state index contributed by atoms with van der Waals surface area (Å²) in [7, 11) is -2.97. The molecule has 0 saturated heterocycles. The number of rotatable bonds is 26. The molecule has 200 valence electrons. The molecular weight excluding hydrogens is 448 g/mol. The van der Waals surface area contributed by atoms with Gasteiger partial charge in [0.25, 0.3) is 0 Å². The van der Waals surface area contributed by atoms with E-state index in [2.05, 4.69) is 52.2 Å². The van der Waals surface area contributed by atoms with Gasteiger partial charge in [0, 0.05) is 26.4 Å². The minimum Gasteiger partial charge on any atom is -0.397 e. The fourth-order valence-electron chi connectivity index (χ4n) is 3.98. The molecule has 2 N–H and O–H groups in total. The van der Waals surface area contributed by atoms with Crippen LogP contribution in [0.1, 0.15) is 99.3 Å². The topological polar surface area (TPSA) is 61.0 Å². The standard InChI is InChI=1S/C25H58N2O4Si2/c1-7-28-32(29-8-2)24(5)18-22-26-20-16-14-12-11-13-15-17-21-27-23-19-25(6)33(30-9-3)31-10-4/h24-27,32-33H,7-23H2,1-6H3. The van der Waals surface area contributed by atoms with Gasteiger partial charge in [0.1, 0.15) is 0 Å². The zero-order valence-corrected chi connectivity index (χ0v) is 25.3. The predicted octanol–water partition coefficient (Wildman–Crippen LogP) is 5.04. The summed E-state index contributed by atoms with van der Waals surface area (Å²) in [5.41, 5.74) is 1.14. The Morgan fingerprint density at radius 1 is 0.485 bits per heavy atom. The first-order valence-electron chi connectivity index (χ1n) is 14.0. The first-order valence-corrected chi connectivity index (χ1v) is 17.2. The zero-order valence-electron chi connectivity index (χ0n) is 23.0. The lowest BCUT2D eigenvalue weighted by Gasteiger charge is -2.21. The van der Waals surface area contributed by atoms with E-state index in [0.717, 1.165) is 65.4 Å². The van der Waals surface area contributed by atoms with E-state index in [4.69, 9.17) is 17.7 Å². The summed E-state index contributed by atoms with van der Waals surface area (Å²) < 4.78 is 23.3. The van der Waals surface area contributed by atoms with Crippen LogP contribution < -0.4 is 10.6 Å². The van der Waals surface area contributed by atoms with E-state index in [0.29, 0.717) is 11.1 Å². The molecule has 0 spiro atoms. The van der Waals surface area contributed by atoms with Crippen LogP contribution in [-0.4, -0.2) is 71.2 Å². The maximum atomic E-state index is 5.83. The average molecular weight is 507 g/mol. The Kier molecular flexibility index (Phi) is 25.4. The Balaban J connectivity index is 3.43. The van der Waals surface area contributed by atoms with Crippen LogP contribution in [0.25, 0.3) is 0 Å². The lowest BCUT2D eigenvalue weighted by atomic mass is 10.1. The van der Waals surface area contributed by atoms with Crippen molar-refractivity contribution in [3.63, 3.8) is 0 Å². The molecule has 0 aliphatic carbocycles. The Bertz CT molecular complexity index is 351. The number of unbranched alkanes of at least 4 members (excludes halogenated alkanes) is 6. The molecule has 0 saturated carbocycles. The van der Waals surface area contributed by atoms with Gasteiger partial charge in [0.05, 0.1) is 0 Å². The van der Waals surface area contributed by atoms with E-state index >= 15 is 0 Å². The molecule has 0 fully saturated rings. The van der Waals surface area contributed by atoms with E-state index in [1.807, 2.05) is 0 Å². The van der Waals surface area contributed by atoms with E-state index in [9.17, 15) is 0 Å². The minimum absolute atomic E-state index is 0.569. The number of hydrogen-bond donors (Lipinski definition) is 2. The van der Waals surface area contributed by atoms with Crippen LogP contribution >= 0.6 is 0 Å². The molecule has 2 atom stereocenters. The van der Waals surface area contributed by atoms with Crippen molar-refractivity contribution in [3.05, 3.63) is 0 Å². The number of nitrogens with one attached hydrogen (secondary N) is 2. The van der Waals surface area contributed by atoms with Crippen LogP contribution in [-0.2, 0) is 17.7 Å². The van der Waals surface area contributed by atoms with Crippen LogP contribution in [0, 0.1) is 0 Å². The summed E-state index contributed by atoms with van der Waals surface area (Å²) in [4.78, 5) is 0. The largest absolute Gasteiger partial charge is 0.397 e. The zero-order chi connectivity index (χ0) is 24.6. The summed E-state index contributed by atoms with van der Waals surface area (Å²) in [5.74, 6) is 0. The molecule has 0 aromatic heterocycles. The van der Waals surface area contributed by atoms with Crippen molar-refractivity contribution in [1.29, 1.82) is 0 Å². The summed E-state index contributed by atoms with van der Waals surface area (Å²) >= 11 is 0. The molecule has 2 unspecified atom stereocenters. The van der Waals surface area contributed by atoms with Gasteiger partial charge in [-0.1, -0.05) is 46.0 Å². The second-order valence-electron chi connectivity index (χ2n) is 9.06. The third-order valence-corrected chi connectivity index (χ3v) is 11.2. The van der Waals surface area contributed by atoms with Gasteiger partial charge in [-0.05, 0) is 90.6 Å². The monoisotopic (exact) mass is 506 g/mol. The predicted molar refractivity (Wildman–Crippen MR) is 147 cm³/mol. The highest BCUT2D eigenvalue weighted by Crippen LogP contribution is 2.16. The lowest BCUT2D eigenvalue weighted by Crippen LogP contribution is -2.30. The van der Waals surface area contributed by atoms with Gasteiger partial charge in [-0.15, -0.1) is 0 Å². The SMILES string of the molecule is CCO[SiH](OCC)C(C)CCNCCCCCCCCCNCCC(C)[SiH](OCC)OCC. The van der Waals surface area contributed by atoms with Crippen LogP contribution in [0.15, 0.2) is 0 Å². The highest BCUT2D eigenvalue weighted by Gasteiger charge is 2.21. The molecule has 6 nitrogen and oxygen atoms in total. The third-order valence-electron chi connectivity index (χ3n) is 6.01. The van der Waals surface area contributed by atoms with Crippen molar-refractivity contribution in [1.82, 2.24) is 10.6 Å². The molecule has 0 aliphatic heterocycles. The van der Waals surface area contributed by atoms with Crippen molar-refractivity contribution in [2.45, 2.75) is 110 Å². The fraction of sp³-hybridized carbons (Fsp3) is 1.00. The average Bonchev–Trinajstić information content (AvgIpc) is 2.81. The summed E-state index contributed by atoms with van der Waals surface area (Å²) in [5, 5.41) is 7.21. The lowest BCUT2D eigenvalue weighted by molar-refractivity contribution is 0.203. The van der Waals surface area contributed by atoms with Crippen molar-refractivity contribution in [2.75, 3.05) is 52.6 Å². The molecule has 0 rings (SSSR count). The van der Waals surface area contributed by atoms with E-state index < -0.39 is 18.6 Å². The quantitative estimate of drug-likeness (QED) is 0.127. The third kappa shape index (κ3) is 20.1. The van der Waals surface area contributed by atoms with Crippen LogP contribution in [0.3, 0.4) is 0 Å². The summed E-state index contributed by atoms with van der Waals surface area (Å²) in [6, 6.07) is 0. The maximum Gasteiger partial charge on any atom is 0.324 e. The second-order valence-corrected chi connectivity index (χ2v) is 14.1. The first kappa shape index (κ1) is 33.2. The first-order chi connectivity index (χ1) is 16.1. The molecular formula is C25H58N2O4Si2. The molecule has 0 radical (unpaired) electrons. The van der Waals surface area contributed by atoms with Crippen molar-refractivity contribution < 1.29 is 17.7 Å². The van der Waals surface area contributed by atoms with Gasteiger partial charge in [-0.25, -0.2) is 0 Å². The van der Waals surface area contributed by atoms with Gasteiger partial charge in [-0.2, -0.15) is 0 Å². The van der Waals surface area contributed by atoms with Crippen LogP contribution in [0.2, 0.25) is 11.1 Å². The van der Waals surface area contributed by atoms with Gasteiger partial charge < -0.3 is 28.3 Å². The second kappa shape index (κ2) is 25.3. The Morgan fingerprint density at radius 3 is 1.09 bits per heavy atom. The van der Waals surface area contributed by atoms with Crippen LogP contribution in [0.4, 0.5) is 0 Å². The highest BCUT2D eigenvalue weighted by molar-refractivity contribution is 6.46. The molecule has 8 heteroatoms. The van der Waals surface area contributed by atoms with Gasteiger partial charge >= 0.3 is 18.6 Å². The molecule has 0 aromatic carbocycles. The summed E-state index contributed by atoms with van der Waals surface area (Å²) in [6.45, 7) is 20.3. The van der Waals surface area contributed by atoms with Crippen molar-refractivity contribution >= 4 is 18.6 Å². The highest BCUT2D eigenvalue weighted by atomic mass is 28.3. The Labute approximate surface area is 210 Å². The van der Waals surface area contributed by atoms with E-state index in [-0.39, 0.29) is 0 Å². The maximum absolute atomic E-state index is 5.83. The van der Waals surface area contributed by atoms with E-state index in [1.54, 1.807) is 0 Å². The normalized spacial score (nSPS) is 13.8. The number of hydrogen-bond acceptors (Lipinski definition) is 6. The minimum atomic E-state index is -1.49. The van der Waals surface area contributed by atoms with Gasteiger partial charge in [0.2, 0.25) is 0 Å². The summed E-state index contributed by atoms with van der Waals surface area (Å²) in [6.07, 6.45) is 11.7. The van der Waals surface area contributed by atoms with Crippen molar-refractivity contribution in [3.8, 4) is 0 Å². The van der Waals surface area contributed by atoms with E-state index in [1.165, 1.54) is 44.9 Å². The van der Waals surface area contributed by atoms with Crippen molar-refractivity contribution in [2.24, 2.45) is 0 Å². The Hall–Kier alpha value is 0.194. The molecule has 0 heterocycles. The molecule has 0 aromatic rings.